The van der Waals surface area contributed by atoms with Crippen LogP contribution >= 0.6 is 0 Å². The van der Waals surface area contributed by atoms with Gasteiger partial charge in [-0.2, -0.15) is 0 Å². The number of ketones is 1. The molecule has 6 rings (SSSR count). The van der Waals surface area contributed by atoms with Gasteiger partial charge in [-0.25, -0.2) is 0 Å². The topological polar surface area (TPSA) is 128 Å². The number of ether oxygens (including phenoxy) is 1. The van der Waals surface area contributed by atoms with E-state index in [-0.39, 0.29) is 36.1 Å². The maximum Gasteiger partial charge on any atom is 0.259 e. The Labute approximate surface area is 204 Å². The SMILES string of the molecule is C[C@@H]1[C@H]2O[C@H]2[C@H]2C[C@H]3C[C@H]4C/C=C\C(=O)NCC[C@H](O)[C@H]5NC(=O)C(=C(O)/C=C/[C@@H]4C[C@H]3[C@@H]12)C5=O. The number of rotatable bonds is 0. The van der Waals surface area contributed by atoms with Crippen LogP contribution in [0.15, 0.2) is 35.6 Å². The Morgan fingerprint density at radius 3 is 2.69 bits per heavy atom. The molecular formula is C27H34N2O6. The molecule has 0 unspecified atom stereocenters. The van der Waals surface area contributed by atoms with Crippen LogP contribution in [-0.4, -0.2) is 58.7 Å². The summed E-state index contributed by atoms with van der Waals surface area (Å²) in [6.45, 7) is 2.50. The molecule has 3 aliphatic carbocycles. The first kappa shape index (κ1) is 23.0. The van der Waals surface area contributed by atoms with Gasteiger partial charge in [0.2, 0.25) is 5.91 Å². The maximum absolute atomic E-state index is 12.8. The number of nitrogens with one attached hydrogen (secondary N) is 2. The zero-order valence-corrected chi connectivity index (χ0v) is 19.9. The molecule has 0 aromatic carbocycles. The van der Waals surface area contributed by atoms with Crippen molar-refractivity contribution < 1.29 is 29.3 Å². The van der Waals surface area contributed by atoms with E-state index < -0.39 is 23.8 Å². The third-order valence-corrected chi connectivity index (χ3v) is 9.67. The minimum atomic E-state index is -1.16. The monoisotopic (exact) mass is 482 g/mol. The van der Waals surface area contributed by atoms with Crippen LogP contribution in [0.2, 0.25) is 0 Å². The largest absolute Gasteiger partial charge is 0.507 e. The summed E-state index contributed by atoms with van der Waals surface area (Å²) in [6.07, 6.45) is 10.8. The average Bonchev–Trinajstić information content (AvgIpc) is 3.35. The normalized spacial score (nSPS) is 48.9. The molecule has 2 bridgehead atoms. The second-order valence-corrected chi connectivity index (χ2v) is 11.4. The maximum atomic E-state index is 12.8. The van der Waals surface area contributed by atoms with Crippen LogP contribution in [-0.2, 0) is 19.1 Å². The highest BCUT2D eigenvalue weighted by Gasteiger charge is 2.66. The standard InChI is InChI=1S/C27H34N2O6/c1-12-21-16-10-14-5-6-18(30)22-24(33)23(29-27(22)34)19(31)7-8-28-20(32)4-2-3-13(14)9-15(16)11-17(21)26-25(12)35-26/h2,4-6,12-17,19,21,23,25-26,30-31H,3,7-11H2,1H3,(H,28,32)(H,29,34)/b4-2-,6-5+,22-18?/t12-,13+,14+,15+,16+,17-,19-,21+,23+,25+,26-/m0/s1. The van der Waals surface area contributed by atoms with Crippen molar-refractivity contribution in [3.8, 4) is 0 Å². The van der Waals surface area contributed by atoms with Gasteiger partial charge in [-0.3, -0.25) is 14.4 Å². The number of carbonyl (C=O) groups excluding carboxylic acids is 3. The van der Waals surface area contributed by atoms with Gasteiger partial charge in [-0.05, 0) is 85.7 Å². The van der Waals surface area contributed by atoms with Crippen molar-refractivity contribution >= 4 is 17.6 Å². The first-order valence-corrected chi connectivity index (χ1v) is 13.1. The molecule has 0 aromatic heterocycles. The minimum absolute atomic E-state index is 0.111. The number of amides is 2. The lowest BCUT2D eigenvalue weighted by atomic mass is 9.65. The molecule has 8 heteroatoms. The highest BCUT2D eigenvalue weighted by Crippen LogP contribution is 2.65. The molecule has 8 nitrogen and oxygen atoms in total. The summed E-state index contributed by atoms with van der Waals surface area (Å²) in [6, 6.07) is -1.12. The minimum Gasteiger partial charge on any atom is -0.507 e. The molecule has 35 heavy (non-hydrogen) atoms. The molecule has 3 aliphatic heterocycles. The number of hydrogen-bond acceptors (Lipinski definition) is 6. The lowest BCUT2D eigenvalue weighted by molar-refractivity contribution is -0.118. The van der Waals surface area contributed by atoms with Gasteiger partial charge >= 0.3 is 0 Å². The molecule has 0 spiro atoms. The van der Waals surface area contributed by atoms with E-state index in [1.807, 2.05) is 12.2 Å². The summed E-state index contributed by atoms with van der Waals surface area (Å²) >= 11 is 0. The van der Waals surface area contributed by atoms with Gasteiger partial charge in [-0.1, -0.05) is 19.1 Å². The Balaban J connectivity index is 1.29. The van der Waals surface area contributed by atoms with Gasteiger partial charge in [-0.15, -0.1) is 0 Å². The van der Waals surface area contributed by atoms with Crippen molar-refractivity contribution in [2.75, 3.05) is 6.54 Å². The van der Waals surface area contributed by atoms with Crippen molar-refractivity contribution in [1.29, 1.82) is 0 Å². The third-order valence-electron chi connectivity index (χ3n) is 9.67. The van der Waals surface area contributed by atoms with Crippen molar-refractivity contribution in [3.63, 3.8) is 0 Å². The Kier molecular flexibility index (Phi) is 5.64. The molecule has 0 radical (unpaired) electrons. The highest BCUT2D eigenvalue weighted by molar-refractivity contribution is 6.27. The van der Waals surface area contributed by atoms with E-state index in [2.05, 4.69) is 17.6 Å². The van der Waals surface area contributed by atoms with E-state index in [1.165, 1.54) is 12.5 Å². The number of carbonyl (C=O) groups is 3. The number of fused-ring (bicyclic) bond motifs is 8. The van der Waals surface area contributed by atoms with Crippen LogP contribution in [0.1, 0.15) is 39.0 Å². The molecule has 3 heterocycles. The fourth-order valence-electron chi connectivity index (χ4n) is 8.04. The van der Waals surface area contributed by atoms with E-state index in [4.69, 9.17) is 4.74 Å². The number of hydrogen-bond donors (Lipinski definition) is 4. The predicted molar refractivity (Wildman–Crippen MR) is 126 cm³/mol. The van der Waals surface area contributed by atoms with Crippen LogP contribution < -0.4 is 10.6 Å². The number of aliphatic hydroxyl groups excluding tert-OH is 2. The summed E-state index contributed by atoms with van der Waals surface area (Å²) in [4.78, 5) is 37.6. The molecule has 2 saturated heterocycles. The molecule has 3 saturated carbocycles. The van der Waals surface area contributed by atoms with Crippen molar-refractivity contribution in [2.45, 2.75) is 63.4 Å². The van der Waals surface area contributed by atoms with Gasteiger partial charge in [0.15, 0.2) is 5.78 Å². The molecular weight excluding hydrogens is 448 g/mol. The molecule has 0 aromatic rings. The lowest BCUT2D eigenvalue weighted by Gasteiger charge is -2.40. The lowest BCUT2D eigenvalue weighted by Crippen LogP contribution is -2.42. The summed E-state index contributed by atoms with van der Waals surface area (Å²) < 4.78 is 5.93. The van der Waals surface area contributed by atoms with E-state index >= 15 is 0 Å². The number of aliphatic hydroxyl groups is 2. The first-order chi connectivity index (χ1) is 16.8. The van der Waals surface area contributed by atoms with Gasteiger partial charge in [0, 0.05) is 6.54 Å². The Bertz CT molecular complexity index is 1030. The second kappa shape index (κ2) is 8.59. The molecule has 188 valence electrons. The second-order valence-electron chi connectivity index (χ2n) is 11.4. The van der Waals surface area contributed by atoms with Gasteiger partial charge in [0.1, 0.15) is 17.4 Å². The Morgan fingerprint density at radius 1 is 1.03 bits per heavy atom. The number of epoxide rings is 1. The number of Topliss-reactive ketones (excluding diaryl/α,β-unsaturated/α-hetero) is 1. The number of allylic oxidation sites excluding steroid dienone is 3. The fraction of sp³-hybridized carbons (Fsp3) is 0.667. The van der Waals surface area contributed by atoms with Gasteiger partial charge < -0.3 is 25.6 Å². The Morgan fingerprint density at radius 2 is 1.86 bits per heavy atom. The van der Waals surface area contributed by atoms with Crippen LogP contribution in [0.3, 0.4) is 0 Å². The Hall–Kier alpha value is -2.45. The highest BCUT2D eigenvalue weighted by atomic mass is 16.6. The summed E-state index contributed by atoms with van der Waals surface area (Å²) in [5.41, 5.74) is -0.297. The smallest absolute Gasteiger partial charge is 0.259 e. The zero-order valence-electron chi connectivity index (χ0n) is 19.9. The van der Waals surface area contributed by atoms with Crippen molar-refractivity contribution in [3.05, 3.63) is 35.6 Å². The van der Waals surface area contributed by atoms with Gasteiger partial charge in [0.05, 0.1) is 18.3 Å². The predicted octanol–water partition coefficient (Wildman–Crippen LogP) is 1.56. The summed E-state index contributed by atoms with van der Waals surface area (Å²) in [5.74, 6) is 1.80. The average molecular weight is 483 g/mol. The third kappa shape index (κ3) is 3.85. The molecule has 6 aliphatic rings. The zero-order chi connectivity index (χ0) is 24.4. The molecule has 5 fully saturated rings. The first-order valence-electron chi connectivity index (χ1n) is 13.1. The van der Waals surface area contributed by atoms with Crippen molar-refractivity contribution in [1.82, 2.24) is 10.6 Å². The van der Waals surface area contributed by atoms with E-state index in [0.29, 0.717) is 47.7 Å². The van der Waals surface area contributed by atoms with Crippen LogP contribution in [0, 0.1) is 41.4 Å². The van der Waals surface area contributed by atoms with Crippen LogP contribution in [0.25, 0.3) is 0 Å². The van der Waals surface area contributed by atoms with Gasteiger partial charge in [0.25, 0.3) is 5.91 Å². The fourth-order valence-corrected chi connectivity index (χ4v) is 8.04. The molecule has 11 atom stereocenters. The van der Waals surface area contributed by atoms with E-state index in [0.717, 1.165) is 19.3 Å². The molecule has 4 N–H and O–H groups in total. The summed E-state index contributed by atoms with van der Waals surface area (Å²) in [5, 5.41) is 26.3. The summed E-state index contributed by atoms with van der Waals surface area (Å²) in [7, 11) is 0. The van der Waals surface area contributed by atoms with E-state index in [1.54, 1.807) is 6.08 Å². The molecule has 2 amide bonds. The van der Waals surface area contributed by atoms with Crippen molar-refractivity contribution in [2.24, 2.45) is 41.4 Å². The van der Waals surface area contributed by atoms with Crippen LogP contribution in [0.4, 0.5) is 0 Å². The van der Waals surface area contributed by atoms with Crippen LogP contribution in [0.5, 0.6) is 0 Å². The quantitative estimate of drug-likeness (QED) is 0.306. The van der Waals surface area contributed by atoms with E-state index in [9.17, 15) is 24.6 Å².